The summed E-state index contributed by atoms with van der Waals surface area (Å²) in [6, 6.07) is 5.36. The first-order valence-electron chi connectivity index (χ1n) is 8.61. The number of anilines is 1. The number of H-pyrrole nitrogens is 1. The van der Waals surface area contributed by atoms with Crippen LogP contribution in [0, 0.1) is 0 Å². The first-order valence-corrected chi connectivity index (χ1v) is 8.61. The van der Waals surface area contributed by atoms with Gasteiger partial charge in [-0.2, -0.15) is 0 Å². The lowest BCUT2D eigenvalue weighted by Gasteiger charge is -2.23. The molecule has 0 bridgehead atoms. The van der Waals surface area contributed by atoms with Crippen molar-refractivity contribution in [3.05, 3.63) is 23.9 Å². The third kappa shape index (κ3) is 3.97. The number of nitrogens with one attached hydrogen (secondary N) is 3. The summed E-state index contributed by atoms with van der Waals surface area (Å²) in [5.41, 5.74) is 1.36. The summed E-state index contributed by atoms with van der Waals surface area (Å²) in [7, 11) is 2.88. The van der Waals surface area contributed by atoms with Crippen LogP contribution in [-0.2, 0) is 14.3 Å². The number of rotatable bonds is 6. The van der Waals surface area contributed by atoms with Crippen LogP contribution in [0.3, 0.4) is 0 Å². The van der Waals surface area contributed by atoms with Crippen LogP contribution in [0.4, 0.5) is 5.69 Å². The molecule has 0 spiro atoms. The number of hydrogen-bond donors (Lipinski definition) is 3. The topological polar surface area (TPSA) is 94.1 Å². The fourth-order valence-electron chi connectivity index (χ4n) is 3.09. The minimum atomic E-state index is -0.533. The maximum absolute atomic E-state index is 12.4. The van der Waals surface area contributed by atoms with Gasteiger partial charge in [0.2, 0.25) is 5.91 Å². The molecule has 3 N–H and O–H groups in total. The molecule has 0 unspecified atom stereocenters. The molecule has 0 radical (unpaired) electrons. The van der Waals surface area contributed by atoms with E-state index in [2.05, 4.69) is 10.3 Å². The Bertz CT molecular complexity index is 795. The number of carbonyl (C=O) groups excluding carboxylic acids is 2. The summed E-state index contributed by atoms with van der Waals surface area (Å²) in [5.74, 6) is -0.0101. The fourth-order valence-corrected chi connectivity index (χ4v) is 3.09. The molecule has 0 atom stereocenters. The van der Waals surface area contributed by atoms with Gasteiger partial charge in [-0.1, -0.05) is 0 Å². The molecule has 1 saturated heterocycles. The van der Waals surface area contributed by atoms with Gasteiger partial charge in [-0.25, -0.2) is 4.79 Å². The van der Waals surface area contributed by atoms with Gasteiger partial charge in [0, 0.05) is 11.5 Å². The average Bonchev–Trinajstić information content (AvgIpc) is 3.04. The van der Waals surface area contributed by atoms with Crippen molar-refractivity contribution in [1.82, 2.24) is 4.98 Å². The third-order valence-electron chi connectivity index (χ3n) is 4.57. The molecule has 1 aromatic carbocycles. The quantitative estimate of drug-likeness (QED) is 0.639. The lowest BCUT2D eigenvalue weighted by atomic mass is 10.2. The van der Waals surface area contributed by atoms with E-state index in [1.807, 2.05) is 0 Å². The lowest BCUT2D eigenvalue weighted by molar-refractivity contribution is -0.907. The van der Waals surface area contributed by atoms with Crippen molar-refractivity contribution in [3.63, 3.8) is 0 Å². The minimum Gasteiger partial charge on any atom is -0.497 e. The summed E-state index contributed by atoms with van der Waals surface area (Å²) in [4.78, 5) is 28.9. The first kappa shape index (κ1) is 18.2. The van der Waals surface area contributed by atoms with Gasteiger partial charge < -0.3 is 29.4 Å². The molecule has 8 heteroatoms. The van der Waals surface area contributed by atoms with Crippen LogP contribution < -0.4 is 15.0 Å². The Kier molecular flexibility index (Phi) is 5.75. The molecular formula is C18H24N3O5+. The summed E-state index contributed by atoms with van der Waals surface area (Å²) >= 11 is 0. The van der Waals surface area contributed by atoms with E-state index in [9.17, 15) is 9.59 Å². The largest absolute Gasteiger partial charge is 0.497 e. The number of amides is 1. The van der Waals surface area contributed by atoms with E-state index >= 15 is 0 Å². The highest BCUT2D eigenvalue weighted by Crippen LogP contribution is 2.31. The van der Waals surface area contributed by atoms with Crippen LogP contribution in [0.25, 0.3) is 10.9 Å². The van der Waals surface area contributed by atoms with E-state index in [0.29, 0.717) is 23.4 Å². The zero-order chi connectivity index (χ0) is 18.5. The highest BCUT2D eigenvalue weighted by atomic mass is 16.5. The Hall–Kier alpha value is -2.58. The van der Waals surface area contributed by atoms with Crippen molar-refractivity contribution in [2.75, 3.05) is 52.4 Å². The molecule has 8 nitrogen and oxygen atoms in total. The van der Waals surface area contributed by atoms with E-state index in [4.69, 9.17) is 14.2 Å². The number of carbonyl (C=O) groups is 2. The zero-order valence-electron chi connectivity index (χ0n) is 15.0. The van der Waals surface area contributed by atoms with Crippen LogP contribution in [0.15, 0.2) is 18.2 Å². The molecule has 26 heavy (non-hydrogen) atoms. The molecular weight excluding hydrogens is 338 g/mol. The Labute approximate surface area is 151 Å². The number of hydrogen-bond acceptors (Lipinski definition) is 5. The standard InChI is InChI=1S/C18H23N3O5/c1-24-12-3-4-13-14(11-12)19-17(18(23)25-2)16(13)20-15(22)5-6-21-7-9-26-10-8-21/h3-4,11,19H,5-10H2,1-2H3,(H,20,22)/p+1. The lowest BCUT2D eigenvalue weighted by Crippen LogP contribution is -3.14. The van der Waals surface area contributed by atoms with Crippen molar-refractivity contribution in [1.29, 1.82) is 0 Å². The van der Waals surface area contributed by atoms with E-state index in [0.717, 1.165) is 38.2 Å². The van der Waals surface area contributed by atoms with Crippen LogP contribution >= 0.6 is 0 Å². The van der Waals surface area contributed by atoms with E-state index in [1.165, 1.54) is 12.0 Å². The maximum Gasteiger partial charge on any atom is 0.356 e. The number of methoxy groups -OCH3 is 2. The molecule has 1 amide bonds. The Balaban J connectivity index is 1.78. The van der Waals surface area contributed by atoms with Crippen molar-refractivity contribution >= 4 is 28.5 Å². The molecule has 0 saturated carbocycles. The molecule has 1 aliphatic rings. The number of benzene rings is 1. The average molecular weight is 362 g/mol. The summed E-state index contributed by atoms with van der Waals surface area (Å²) in [5, 5.41) is 3.60. The third-order valence-corrected chi connectivity index (χ3v) is 4.57. The van der Waals surface area contributed by atoms with E-state index < -0.39 is 5.97 Å². The van der Waals surface area contributed by atoms with Gasteiger partial charge in [-0.05, 0) is 12.1 Å². The smallest absolute Gasteiger partial charge is 0.356 e. The van der Waals surface area contributed by atoms with Crippen LogP contribution in [0.1, 0.15) is 16.9 Å². The van der Waals surface area contributed by atoms with Crippen molar-refractivity contribution in [2.45, 2.75) is 6.42 Å². The van der Waals surface area contributed by atoms with Gasteiger partial charge in [-0.15, -0.1) is 0 Å². The molecule has 140 valence electrons. The fraction of sp³-hybridized carbons (Fsp3) is 0.444. The van der Waals surface area contributed by atoms with Gasteiger partial charge in [-0.3, -0.25) is 4.79 Å². The molecule has 2 aromatic rings. The number of fused-ring (bicyclic) bond motifs is 1. The second kappa shape index (κ2) is 8.20. The molecule has 2 heterocycles. The molecule has 1 aliphatic heterocycles. The second-order valence-corrected chi connectivity index (χ2v) is 6.19. The summed E-state index contributed by atoms with van der Waals surface area (Å²) < 4.78 is 15.4. The number of morpholine rings is 1. The predicted molar refractivity (Wildman–Crippen MR) is 95.8 cm³/mol. The highest BCUT2D eigenvalue weighted by Gasteiger charge is 2.22. The number of aromatic amines is 1. The SMILES string of the molecule is COC(=O)c1[nH]c2cc(OC)ccc2c1NC(=O)CC[NH+]1CCOCC1. The maximum atomic E-state index is 12.4. The Morgan fingerprint density at radius 1 is 1.27 bits per heavy atom. The highest BCUT2D eigenvalue weighted by molar-refractivity contribution is 6.11. The monoisotopic (exact) mass is 362 g/mol. The number of quaternary nitrogens is 1. The summed E-state index contributed by atoms with van der Waals surface area (Å²) in [6.45, 7) is 4.02. The first-order chi connectivity index (χ1) is 12.6. The van der Waals surface area contributed by atoms with Crippen LogP contribution in [-0.4, -0.2) is 63.9 Å². The van der Waals surface area contributed by atoms with Gasteiger partial charge >= 0.3 is 5.97 Å². The van der Waals surface area contributed by atoms with Crippen molar-refractivity contribution in [2.24, 2.45) is 0 Å². The van der Waals surface area contributed by atoms with Gasteiger partial charge in [0.15, 0.2) is 0 Å². The normalized spacial score (nSPS) is 15.0. The van der Waals surface area contributed by atoms with Gasteiger partial charge in [0.1, 0.15) is 24.5 Å². The predicted octanol–water partition coefficient (Wildman–Crippen LogP) is 0.207. The Morgan fingerprint density at radius 2 is 2.04 bits per heavy atom. The van der Waals surface area contributed by atoms with Crippen molar-refractivity contribution in [3.8, 4) is 5.75 Å². The second-order valence-electron chi connectivity index (χ2n) is 6.19. The van der Waals surface area contributed by atoms with E-state index in [-0.39, 0.29) is 11.6 Å². The molecule has 3 rings (SSSR count). The van der Waals surface area contributed by atoms with Gasteiger partial charge in [0.25, 0.3) is 0 Å². The van der Waals surface area contributed by atoms with Gasteiger partial charge in [0.05, 0.1) is 51.6 Å². The molecule has 0 aliphatic carbocycles. The van der Waals surface area contributed by atoms with Crippen LogP contribution in [0.5, 0.6) is 5.75 Å². The number of ether oxygens (including phenoxy) is 3. The van der Waals surface area contributed by atoms with Crippen LogP contribution in [0.2, 0.25) is 0 Å². The summed E-state index contributed by atoms with van der Waals surface area (Å²) in [6.07, 6.45) is 0.374. The zero-order valence-corrected chi connectivity index (χ0v) is 15.0. The minimum absolute atomic E-state index is 0.133. The van der Waals surface area contributed by atoms with Crippen molar-refractivity contribution < 1.29 is 28.7 Å². The number of aromatic nitrogens is 1. The Morgan fingerprint density at radius 3 is 2.73 bits per heavy atom. The molecule has 1 aromatic heterocycles. The number of esters is 1. The molecule has 1 fully saturated rings. The van der Waals surface area contributed by atoms with E-state index in [1.54, 1.807) is 25.3 Å².